The highest BCUT2D eigenvalue weighted by Crippen LogP contribution is 2.18. The predicted octanol–water partition coefficient (Wildman–Crippen LogP) is 2.57. The van der Waals surface area contributed by atoms with Crippen LogP contribution in [0.15, 0.2) is 6.20 Å². The summed E-state index contributed by atoms with van der Waals surface area (Å²) in [7, 11) is 0. The monoisotopic (exact) mass is 207 g/mol. The molecule has 1 fully saturated rings. The molecule has 0 atom stereocenters. The Balaban J connectivity index is 1.82. The van der Waals surface area contributed by atoms with E-state index in [0.29, 0.717) is 5.92 Å². The molecule has 1 heterocycles. The van der Waals surface area contributed by atoms with Gasteiger partial charge in [-0.25, -0.2) is 4.98 Å². The molecule has 2 N–H and O–H groups in total. The number of H-pyrrole nitrogens is 1. The van der Waals surface area contributed by atoms with Gasteiger partial charge in [-0.1, -0.05) is 26.7 Å². The van der Waals surface area contributed by atoms with E-state index in [4.69, 9.17) is 0 Å². The Kier molecular flexibility index (Phi) is 3.41. The van der Waals surface area contributed by atoms with Gasteiger partial charge in [0.25, 0.3) is 0 Å². The maximum Gasteiger partial charge on any atom is 0.120 e. The zero-order valence-corrected chi connectivity index (χ0v) is 9.71. The van der Waals surface area contributed by atoms with Crippen LogP contribution < -0.4 is 5.32 Å². The summed E-state index contributed by atoms with van der Waals surface area (Å²) < 4.78 is 0. The molecule has 2 rings (SSSR count). The van der Waals surface area contributed by atoms with Crippen LogP contribution in [-0.2, 0) is 6.54 Å². The first-order chi connectivity index (χ1) is 7.25. The Labute approximate surface area is 91.7 Å². The van der Waals surface area contributed by atoms with Crippen LogP contribution in [0, 0.1) is 0 Å². The topological polar surface area (TPSA) is 40.7 Å². The highest BCUT2D eigenvalue weighted by Gasteiger charge is 2.14. The minimum atomic E-state index is 0.540. The van der Waals surface area contributed by atoms with Crippen molar-refractivity contribution in [1.29, 1.82) is 0 Å². The van der Waals surface area contributed by atoms with Crippen LogP contribution in [0.4, 0.5) is 0 Å². The van der Waals surface area contributed by atoms with E-state index in [2.05, 4.69) is 29.1 Å². The predicted molar refractivity (Wildman–Crippen MR) is 61.8 cm³/mol. The summed E-state index contributed by atoms with van der Waals surface area (Å²) in [4.78, 5) is 7.74. The van der Waals surface area contributed by atoms with Gasteiger partial charge >= 0.3 is 0 Å². The fourth-order valence-corrected chi connectivity index (χ4v) is 2.13. The summed E-state index contributed by atoms with van der Waals surface area (Å²) in [6.07, 6.45) is 7.38. The Morgan fingerprint density at radius 1 is 1.47 bits per heavy atom. The molecule has 3 heteroatoms. The van der Waals surface area contributed by atoms with Crippen molar-refractivity contribution in [2.75, 3.05) is 0 Å². The van der Waals surface area contributed by atoms with Crippen LogP contribution in [0.3, 0.4) is 0 Å². The molecule has 1 saturated carbocycles. The molecule has 0 bridgehead atoms. The van der Waals surface area contributed by atoms with E-state index < -0.39 is 0 Å². The third-order valence-electron chi connectivity index (χ3n) is 3.18. The zero-order valence-electron chi connectivity index (χ0n) is 9.71. The van der Waals surface area contributed by atoms with E-state index in [1.54, 1.807) is 0 Å². The van der Waals surface area contributed by atoms with E-state index in [1.807, 2.05) is 6.20 Å². The van der Waals surface area contributed by atoms with E-state index in [-0.39, 0.29) is 0 Å². The number of hydrogen-bond acceptors (Lipinski definition) is 2. The Morgan fingerprint density at radius 2 is 2.20 bits per heavy atom. The van der Waals surface area contributed by atoms with Crippen LogP contribution in [-0.4, -0.2) is 16.0 Å². The zero-order chi connectivity index (χ0) is 10.7. The summed E-state index contributed by atoms with van der Waals surface area (Å²) in [6.45, 7) is 5.25. The number of nitrogens with zero attached hydrogens (tertiary/aromatic N) is 1. The smallest absolute Gasteiger partial charge is 0.120 e. The van der Waals surface area contributed by atoms with Gasteiger partial charge in [0.05, 0.1) is 6.54 Å². The summed E-state index contributed by atoms with van der Waals surface area (Å²) in [5, 5.41) is 3.56. The molecule has 0 radical (unpaired) electrons. The lowest BCUT2D eigenvalue weighted by atomic mass is 10.2. The summed E-state index contributed by atoms with van der Waals surface area (Å²) in [6, 6.07) is 0.720. The lowest BCUT2D eigenvalue weighted by Crippen LogP contribution is -2.25. The first-order valence-electron chi connectivity index (χ1n) is 6.03. The maximum absolute atomic E-state index is 4.38. The third-order valence-corrected chi connectivity index (χ3v) is 3.18. The van der Waals surface area contributed by atoms with E-state index in [1.165, 1.54) is 31.4 Å². The lowest BCUT2D eigenvalue weighted by molar-refractivity contribution is 0.515. The molecular formula is C12H21N3. The van der Waals surface area contributed by atoms with Gasteiger partial charge in [-0.3, -0.25) is 0 Å². The van der Waals surface area contributed by atoms with Gasteiger partial charge in [-0.05, 0) is 18.8 Å². The molecule has 1 aliphatic rings. The number of rotatable bonds is 4. The Hall–Kier alpha value is -0.830. The van der Waals surface area contributed by atoms with Crippen molar-refractivity contribution in [3.05, 3.63) is 17.7 Å². The molecule has 0 saturated heterocycles. The number of hydrogen-bond donors (Lipinski definition) is 2. The van der Waals surface area contributed by atoms with Gasteiger partial charge < -0.3 is 10.3 Å². The molecule has 1 aromatic rings. The van der Waals surface area contributed by atoms with Gasteiger partial charge in [0.2, 0.25) is 0 Å². The average Bonchev–Trinajstić information content (AvgIpc) is 2.86. The fraction of sp³-hybridized carbons (Fsp3) is 0.750. The largest absolute Gasteiger partial charge is 0.345 e. The maximum atomic E-state index is 4.38. The van der Waals surface area contributed by atoms with Crippen LogP contribution in [0.2, 0.25) is 0 Å². The second-order valence-electron chi connectivity index (χ2n) is 4.80. The molecule has 0 amide bonds. The van der Waals surface area contributed by atoms with Gasteiger partial charge in [0.1, 0.15) is 5.82 Å². The second kappa shape index (κ2) is 4.79. The van der Waals surface area contributed by atoms with Crippen molar-refractivity contribution in [2.24, 2.45) is 0 Å². The van der Waals surface area contributed by atoms with Crippen molar-refractivity contribution in [3.8, 4) is 0 Å². The first-order valence-corrected chi connectivity index (χ1v) is 6.03. The number of nitrogens with one attached hydrogen (secondary N) is 2. The van der Waals surface area contributed by atoms with Crippen molar-refractivity contribution in [3.63, 3.8) is 0 Å². The molecule has 0 unspecified atom stereocenters. The number of imidazole rings is 1. The first kappa shape index (κ1) is 10.7. The quantitative estimate of drug-likeness (QED) is 0.796. The van der Waals surface area contributed by atoms with Crippen molar-refractivity contribution in [2.45, 2.75) is 58.0 Å². The molecule has 1 aliphatic carbocycles. The second-order valence-corrected chi connectivity index (χ2v) is 4.80. The Morgan fingerprint density at radius 3 is 2.80 bits per heavy atom. The highest BCUT2D eigenvalue weighted by molar-refractivity contribution is 5.05. The fourth-order valence-electron chi connectivity index (χ4n) is 2.13. The molecule has 0 spiro atoms. The minimum Gasteiger partial charge on any atom is -0.345 e. The molecule has 1 aromatic heterocycles. The van der Waals surface area contributed by atoms with E-state index in [9.17, 15) is 0 Å². The van der Waals surface area contributed by atoms with Gasteiger partial charge in [0.15, 0.2) is 0 Å². The molecule has 84 valence electrons. The van der Waals surface area contributed by atoms with Crippen molar-refractivity contribution >= 4 is 0 Å². The minimum absolute atomic E-state index is 0.540. The molecule has 0 aliphatic heterocycles. The van der Waals surface area contributed by atoms with Crippen LogP contribution >= 0.6 is 0 Å². The number of aromatic amines is 1. The standard InChI is InChI=1S/C12H21N3/c1-9(2)11-7-14-12(15-11)8-13-10-5-3-4-6-10/h7,9-10,13H,3-6,8H2,1-2H3,(H,14,15). The van der Waals surface area contributed by atoms with Gasteiger partial charge in [-0.15, -0.1) is 0 Å². The molecule has 3 nitrogen and oxygen atoms in total. The van der Waals surface area contributed by atoms with Gasteiger partial charge in [0, 0.05) is 17.9 Å². The van der Waals surface area contributed by atoms with Crippen molar-refractivity contribution in [1.82, 2.24) is 15.3 Å². The third kappa shape index (κ3) is 2.81. The van der Waals surface area contributed by atoms with Crippen molar-refractivity contribution < 1.29 is 0 Å². The summed E-state index contributed by atoms with van der Waals surface area (Å²) >= 11 is 0. The molecule has 15 heavy (non-hydrogen) atoms. The highest BCUT2D eigenvalue weighted by atomic mass is 15.0. The van der Waals surface area contributed by atoms with Crippen LogP contribution in [0.1, 0.15) is 57.0 Å². The molecule has 0 aromatic carbocycles. The molecular weight excluding hydrogens is 186 g/mol. The van der Waals surface area contributed by atoms with Crippen LogP contribution in [0.5, 0.6) is 0 Å². The van der Waals surface area contributed by atoms with Gasteiger partial charge in [-0.2, -0.15) is 0 Å². The normalized spacial score (nSPS) is 17.8. The van der Waals surface area contributed by atoms with E-state index >= 15 is 0 Å². The average molecular weight is 207 g/mol. The van der Waals surface area contributed by atoms with Crippen LogP contribution in [0.25, 0.3) is 0 Å². The Bertz CT molecular complexity index is 298. The summed E-state index contributed by atoms with van der Waals surface area (Å²) in [5.41, 5.74) is 1.23. The SMILES string of the molecule is CC(C)c1cnc(CNC2CCCC2)[nH]1. The lowest BCUT2D eigenvalue weighted by Gasteiger charge is -2.09. The van der Waals surface area contributed by atoms with E-state index in [0.717, 1.165) is 18.4 Å². The number of aromatic nitrogens is 2. The summed E-state index contributed by atoms with van der Waals surface area (Å²) in [5.74, 6) is 1.61.